The van der Waals surface area contributed by atoms with E-state index in [0.717, 1.165) is 25.7 Å². The van der Waals surface area contributed by atoms with E-state index in [9.17, 15) is 9.90 Å². The molecule has 116 valence electrons. The molecule has 0 spiro atoms. The van der Waals surface area contributed by atoms with Crippen molar-refractivity contribution in [3.63, 3.8) is 0 Å². The Kier molecular flexibility index (Phi) is 4.76. The van der Waals surface area contributed by atoms with Gasteiger partial charge in [-0.15, -0.1) is 0 Å². The van der Waals surface area contributed by atoms with Crippen LogP contribution in [0.25, 0.3) is 0 Å². The topological polar surface area (TPSA) is 58.6 Å². The number of benzene rings is 1. The molecule has 0 unspecified atom stereocenters. The van der Waals surface area contributed by atoms with Gasteiger partial charge in [0.05, 0.1) is 0 Å². The fourth-order valence-corrected chi connectivity index (χ4v) is 2.79. The summed E-state index contributed by atoms with van der Waals surface area (Å²) in [5.41, 5.74) is 0.816. The molecule has 1 aliphatic carbocycles. The molecule has 0 heterocycles. The van der Waals surface area contributed by atoms with Gasteiger partial charge in [0.25, 0.3) is 0 Å². The van der Waals surface area contributed by atoms with E-state index in [0.29, 0.717) is 11.7 Å². The molecule has 0 bridgehead atoms. The Bertz CT molecular complexity index is 468. The highest BCUT2D eigenvalue weighted by atomic mass is 16.6. The highest BCUT2D eigenvalue weighted by Crippen LogP contribution is 2.33. The van der Waals surface area contributed by atoms with Crippen LogP contribution in [0.15, 0.2) is 24.3 Å². The van der Waals surface area contributed by atoms with Crippen molar-refractivity contribution in [2.75, 3.05) is 0 Å². The van der Waals surface area contributed by atoms with Crippen molar-refractivity contribution < 1.29 is 14.6 Å². The number of rotatable bonds is 2. The van der Waals surface area contributed by atoms with Gasteiger partial charge in [0.15, 0.2) is 0 Å². The Morgan fingerprint density at radius 2 is 1.71 bits per heavy atom. The molecule has 21 heavy (non-hydrogen) atoms. The van der Waals surface area contributed by atoms with Crippen molar-refractivity contribution >= 4 is 6.09 Å². The molecule has 1 aromatic rings. The van der Waals surface area contributed by atoms with E-state index in [1.165, 1.54) is 5.56 Å². The van der Waals surface area contributed by atoms with Gasteiger partial charge in [-0.05, 0) is 70.1 Å². The minimum Gasteiger partial charge on any atom is -0.508 e. The Morgan fingerprint density at radius 3 is 2.24 bits per heavy atom. The summed E-state index contributed by atoms with van der Waals surface area (Å²) in [6.07, 6.45) is 3.70. The van der Waals surface area contributed by atoms with Crippen molar-refractivity contribution in [3.8, 4) is 5.75 Å². The van der Waals surface area contributed by atoms with E-state index < -0.39 is 5.60 Å². The average molecular weight is 291 g/mol. The lowest BCUT2D eigenvalue weighted by Gasteiger charge is -2.30. The first kappa shape index (κ1) is 15.7. The standard InChI is InChI=1S/C17H25NO3/c1-17(2,3)21-16(20)18-14-8-4-12(5-9-14)13-6-10-15(19)11-7-13/h6-7,10-12,14,19H,4-5,8-9H2,1-3H3,(H,18,20). The third-order valence-electron chi connectivity index (χ3n) is 3.81. The van der Waals surface area contributed by atoms with Crippen LogP contribution in [0.3, 0.4) is 0 Å². The molecule has 1 amide bonds. The van der Waals surface area contributed by atoms with Gasteiger partial charge in [0.1, 0.15) is 11.4 Å². The highest BCUT2D eigenvalue weighted by Gasteiger charge is 2.25. The molecule has 2 rings (SSSR count). The van der Waals surface area contributed by atoms with Crippen LogP contribution in [0.1, 0.15) is 57.9 Å². The smallest absolute Gasteiger partial charge is 0.407 e. The predicted molar refractivity (Wildman–Crippen MR) is 82.5 cm³/mol. The van der Waals surface area contributed by atoms with Gasteiger partial charge < -0.3 is 15.2 Å². The molecular formula is C17H25NO3. The summed E-state index contributed by atoms with van der Waals surface area (Å²) in [7, 11) is 0. The lowest BCUT2D eigenvalue weighted by atomic mass is 9.82. The van der Waals surface area contributed by atoms with Crippen LogP contribution in [0, 0.1) is 0 Å². The fourth-order valence-electron chi connectivity index (χ4n) is 2.79. The number of amides is 1. The summed E-state index contributed by atoms with van der Waals surface area (Å²) >= 11 is 0. The maximum absolute atomic E-state index is 11.8. The Morgan fingerprint density at radius 1 is 1.14 bits per heavy atom. The van der Waals surface area contributed by atoms with Gasteiger partial charge in [0, 0.05) is 6.04 Å². The number of hydrogen-bond donors (Lipinski definition) is 2. The fraction of sp³-hybridized carbons (Fsp3) is 0.588. The number of carbonyl (C=O) groups is 1. The summed E-state index contributed by atoms with van der Waals surface area (Å²) in [6.45, 7) is 5.61. The lowest BCUT2D eigenvalue weighted by molar-refractivity contribution is 0.0491. The second kappa shape index (κ2) is 6.37. The monoisotopic (exact) mass is 291 g/mol. The zero-order chi connectivity index (χ0) is 15.5. The number of phenolic OH excluding ortho intramolecular Hbond substituents is 1. The van der Waals surface area contributed by atoms with E-state index in [1.54, 1.807) is 12.1 Å². The normalized spacial score (nSPS) is 22.6. The van der Waals surface area contributed by atoms with E-state index >= 15 is 0 Å². The number of ether oxygens (including phenoxy) is 1. The van der Waals surface area contributed by atoms with E-state index in [-0.39, 0.29) is 12.1 Å². The molecule has 4 heteroatoms. The first-order valence-corrected chi connectivity index (χ1v) is 7.62. The van der Waals surface area contributed by atoms with Crippen molar-refractivity contribution in [3.05, 3.63) is 29.8 Å². The molecular weight excluding hydrogens is 266 g/mol. The third kappa shape index (κ3) is 4.96. The Hall–Kier alpha value is -1.71. The highest BCUT2D eigenvalue weighted by molar-refractivity contribution is 5.68. The Balaban J connectivity index is 1.80. The molecule has 1 aromatic carbocycles. The summed E-state index contributed by atoms with van der Waals surface area (Å²) in [6, 6.07) is 7.65. The maximum Gasteiger partial charge on any atom is 0.407 e. The largest absolute Gasteiger partial charge is 0.508 e. The molecule has 0 saturated heterocycles. The summed E-state index contributed by atoms with van der Waals surface area (Å²) in [4.78, 5) is 11.8. The van der Waals surface area contributed by atoms with Gasteiger partial charge in [0.2, 0.25) is 0 Å². The van der Waals surface area contributed by atoms with Gasteiger partial charge in [-0.3, -0.25) is 0 Å². The van der Waals surface area contributed by atoms with Crippen molar-refractivity contribution in [2.24, 2.45) is 0 Å². The van der Waals surface area contributed by atoms with Gasteiger partial charge >= 0.3 is 6.09 Å². The second-order valence-corrected chi connectivity index (χ2v) is 6.79. The van der Waals surface area contributed by atoms with Crippen LogP contribution in [0.2, 0.25) is 0 Å². The van der Waals surface area contributed by atoms with Crippen LogP contribution >= 0.6 is 0 Å². The first-order chi connectivity index (χ1) is 9.83. The second-order valence-electron chi connectivity index (χ2n) is 6.79. The number of phenols is 1. The van der Waals surface area contributed by atoms with Gasteiger partial charge in [-0.1, -0.05) is 12.1 Å². The molecule has 1 fully saturated rings. The minimum atomic E-state index is -0.451. The molecule has 1 saturated carbocycles. The third-order valence-corrected chi connectivity index (χ3v) is 3.81. The van der Waals surface area contributed by atoms with E-state index in [1.807, 2.05) is 32.9 Å². The number of hydrogen-bond acceptors (Lipinski definition) is 3. The van der Waals surface area contributed by atoms with Gasteiger partial charge in [-0.2, -0.15) is 0 Å². The molecule has 0 atom stereocenters. The van der Waals surface area contributed by atoms with E-state index in [4.69, 9.17) is 4.74 Å². The van der Waals surface area contributed by atoms with Crippen molar-refractivity contribution in [1.82, 2.24) is 5.32 Å². The molecule has 0 radical (unpaired) electrons. The number of aromatic hydroxyl groups is 1. The molecule has 1 aliphatic rings. The maximum atomic E-state index is 11.8. The zero-order valence-electron chi connectivity index (χ0n) is 13.1. The molecule has 0 aromatic heterocycles. The number of carbonyl (C=O) groups excluding carboxylic acids is 1. The molecule has 0 aliphatic heterocycles. The lowest BCUT2D eigenvalue weighted by Crippen LogP contribution is -2.40. The van der Waals surface area contributed by atoms with Crippen LogP contribution in [-0.4, -0.2) is 22.8 Å². The van der Waals surface area contributed by atoms with Crippen molar-refractivity contribution in [1.29, 1.82) is 0 Å². The minimum absolute atomic E-state index is 0.202. The van der Waals surface area contributed by atoms with Crippen LogP contribution in [0.5, 0.6) is 5.75 Å². The first-order valence-electron chi connectivity index (χ1n) is 7.62. The number of alkyl carbamates (subject to hydrolysis) is 1. The quantitative estimate of drug-likeness (QED) is 0.867. The van der Waals surface area contributed by atoms with Gasteiger partial charge in [-0.25, -0.2) is 4.79 Å². The van der Waals surface area contributed by atoms with Crippen molar-refractivity contribution in [2.45, 2.75) is 64.0 Å². The summed E-state index contributed by atoms with van der Waals surface area (Å²) < 4.78 is 5.29. The average Bonchev–Trinajstić information content (AvgIpc) is 2.38. The van der Waals surface area contributed by atoms with E-state index in [2.05, 4.69) is 5.32 Å². The van der Waals surface area contributed by atoms with Crippen LogP contribution in [0.4, 0.5) is 4.79 Å². The Labute approximate surface area is 126 Å². The summed E-state index contributed by atoms with van der Waals surface area (Å²) in [5.74, 6) is 0.821. The van der Waals surface area contributed by atoms with Crippen LogP contribution < -0.4 is 5.32 Å². The van der Waals surface area contributed by atoms with Crippen LogP contribution in [-0.2, 0) is 4.74 Å². The molecule has 4 nitrogen and oxygen atoms in total. The zero-order valence-corrected chi connectivity index (χ0v) is 13.1. The number of nitrogens with one attached hydrogen (secondary N) is 1. The predicted octanol–water partition coefficient (Wildman–Crippen LogP) is 3.94. The summed E-state index contributed by atoms with van der Waals surface area (Å²) in [5, 5.41) is 12.3. The molecule has 2 N–H and O–H groups in total. The SMILES string of the molecule is CC(C)(C)OC(=O)NC1CCC(c2ccc(O)cc2)CC1.